The Bertz CT molecular complexity index is 363. The van der Waals surface area contributed by atoms with Crippen molar-refractivity contribution in [3.63, 3.8) is 0 Å². The third-order valence-electron chi connectivity index (χ3n) is 2.97. The molecule has 1 N–H and O–H groups in total. The average molecular weight is 242 g/mol. The van der Waals surface area contributed by atoms with Gasteiger partial charge in [0, 0.05) is 6.54 Å². The highest BCUT2D eigenvalue weighted by molar-refractivity contribution is 6.17. The van der Waals surface area contributed by atoms with Crippen LogP contribution in [0.1, 0.15) is 22.3 Å². The third-order valence-corrected chi connectivity index (χ3v) is 3.15. The average Bonchev–Trinajstić information content (AvgIpc) is 2.26. The largest absolute Gasteiger partial charge is 0.496 e. The number of methoxy groups -OCH3 is 1. The molecule has 0 radical (unpaired) electrons. The van der Waals surface area contributed by atoms with Crippen molar-refractivity contribution in [1.29, 1.82) is 0 Å². The van der Waals surface area contributed by atoms with E-state index in [-0.39, 0.29) is 0 Å². The molecule has 0 saturated heterocycles. The summed E-state index contributed by atoms with van der Waals surface area (Å²) in [5, 5.41) is 3.12. The third kappa shape index (κ3) is 2.89. The fraction of sp³-hybridized carbons (Fsp3) is 0.538. The van der Waals surface area contributed by atoms with Crippen molar-refractivity contribution in [3.8, 4) is 5.75 Å². The molecule has 16 heavy (non-hydrogen) atoms. The quantitative estimate of drug-likeness (QED) is 0.486. The molecule has 0 heterocycles. The highest BCUT2D eigenvalue weighted by Gasteiger charge is 2.11. The molecule has 0 aliphatic carbocycles. The Labute approximate surface area is 103 Å². The van der Waals surface area contributed by atoms with Gasteiger partial charge in [-0.3, -0.25) is 0 Å². The standard InChI is InChI=1S/C13H20ClNO/c1-9-7-10(2)12(5-6-15-8-14)13(16-4)11(9)3/h7,15H,5-6,8H2,1-4H3. The SMILES string of the molecule is COc1c(C)c(C)cc(C)c1CCNCCl. The first-order valence-corrected chi connectivity index (χ1v) is 6.05. The Morgan fingerprint density at radius 3 is 2.50 bits per heavy atom. The van der Waals surface area contributed by atoms with Crippen LogP contribution in [0.2, 0.25) is 0 Å². The van der Waals surface area contributed by atoms with E-state index < -0.39 is 0 Å². The van der Waals surface area contributed by atoms with Gasteiger partial charge in [0.05, 0.1) is 13.1 Å². The van der Waals surface area contributed by atoms with Crippen LogP contribution in [-0.2, 0) is 6.42 Å². The van der Waals surface area contributed by atoms with E-state index in [4.69, 9.17) is 16.3 Å². The first kappa shape index (κ1) is 13.3. The van der Waals surface area contributed by atoms with Crippen molar-refractivity contribution in [2.45, 2.75) is 27.2 Å². The fourth-order valence-corrected chi connectivity index (χ4v) is 2.11. The summed E-state index contributed by atoms with van der Waals surface area (Å²) in [4.78, 5) is 0. The minimum Gasteiger partial charge on any atom is -0.496 e. The maximum absolute atomic E-state index is 5.60. The topological polar surface area (TPSA) is 21.3 Å². The van der Waals surface area contributed by atoms with Gasteiger partial charge in [0.25, 0.3) is 0 Å². The van der Waals surface area contributed by atoms with Gasteiger partial charge in [0.2, 0.25) is 0 Å². The molecule has 3 heteroatoms. The van der Waals surface area contributed by atoms with E-state index in [1.807, 2.05) is 0 Å². The molecule has 0 atom stereocenters. The highest BCUT2D eigenvalue weighted by atomic mass is 35.5. The van der Waals surface area contributed by atoms with E-state index in [0.29, 0.717) is 6.00 Å². The summed E-state index contributed by atoms with van der Waals surface area (Å²) in [6.07, 6.45) is 0.947. The van der Waals surface area contributed by atoms with Crippen LogP contribution in [0.4, 0.5) is 0 Å². The lowest BCUT2D eigenvalue weighted by molar-refractivity contribution is 0.405. The van der Waals surface area contributed by atoms with E-state index in [1.54, 1.807) is 7.11 Å². The summed E-state index contributed by atoms with van der Waals surface area (Å²) in [7, 11) is 1.74. The number of rotatable bonds is 5. The van der Waals surface area contributed by atoms with Gasteiger partial charge in [-0.2, -0.15) is 0 Å². The normalized spacial score (nSPS) is 10.6. The Hall–Kier alpha value is -0.730. The van der Waals surface area contributed by atoms with Gasteiger partial charge >= 0.3 is 0 Å². The van der Waals surface area contributed by atoms with Crippen LogP contribution in [0.25, 0.3) is 0 Å². The minimum atomic E-state index is 0.492. The summed E-state index contributed by atoms with van der Waals surface area (Å²) in [5.74, 6) is 1.02. The van der Waals surface area contributed by atoms with Crippen LogP contribution in [0.15, 0.2) is 6.07 Å². The first-order valence-electron chi connectivity index (χ1n) is 5.52. The second-order valence-corrected chi connectivity index (χ2v) is 4.30. The van der Waals surface area contributed by atoms with Crippen LogP contribution in [-0.4, -0.2) is 19.7 Å². The van der Waals surface area contributed by atoms with Crippen LogP contribution < -0.4 is 10.1 Å². The molecule has 1 aromatic rings. The van der Waals surface area contributed by atoms with Crippen molar-refractivity contribution >= 4 is 11.6 Å². The van der Waals surface area contributed by atoms with Crippen molar-refractivity contribution in [3.05, 3.63) is 28.3 Å². The Kier molecular flexibility index (Phi) is 5.10. The van der Waals surface area contributed by atoms with Gasteiger partial charge in [-0.15, -0.1) is 11.6 Å². The zero-order valence-corrected chi connectivity index (χ0v) is 11.2. The van der Waals surface area contributed by atoms with Crippen molar-refractivity contribution < 1.29 is 4.74 Å². The molecular weight excluding hydrogens is 222 g/mol. The van der Waals surface area contributed by atoms with Gasteiger partial charge in [-0.05, 0) is 49.4 Å². The minimum absolute atomic E-state index is 0.492. The lowest BCUT2D eigenvalue weighted by Gasteiger charge is -2.16. The van der Waals surface area contributed by atoms with Crippen LogP contribution in [0, 0.1) is 20.8 Å². The second kappa shape index (κ2) is 6.12. The van der Waals surface area contributed by atoms with E-state index >= 15 is 0 Å². The number of halogens is 1. The molecule has 0 fully saturated rings. The van der Waals surface area contributed by atoms with Gasteiger partial charge in [0.15, 0.2) is 0 Å². The molecule has 90 valence electrons. The summed E-state index contributed by atoms with van der Waals surface area (Å²) in [5.41, 5.74) is 5.08. The Balaban J connectivity index is 3.01. The summed E-state index contributed by atoms with van der Waals surface area (Å²) in [6, 6.07) is 2.71. The number of hydrogen-bond donors (Lipinski definition) is 1. The maximum Gasteiger partial charge on any atom is 0.125 e. The molecule has 2 nitrogen and oxygen atoms in total. The monoisotopic (exact) mass is 241 g/mol. The predicted octanol–water partition coefficient (Wildman–Crippen LogP) is 2.95. The molecule has 1 rings (SSSR count). The molecule has 0 spiro atoms. The van der Waals surface area contributed by atoms with Crippen LogP contribution in [0.5, 0.6) is 5.75 Å². The van der Waals surface area contributed by atoms with E-state index in [2.05, 4.69) is 32.2 Å². The van der Waals surface area contributed by atoms with Gasteiger partial charge < -0.3 is 10.1 Å². The lowest BCUT2D eigenvalue weighted by atomic mass is 9.97. The van der Waals surface area contributed by atoms with Crippen molar-refractivity contribution in [2.24, 2.45) is 0 Å². The van der Waals surface area contributed by atoms with Gasteiger partial charge in [-0.1, -0.05) is 6.07 Å². The van der Waals surface area contributed by atoms with Crippen molar-refractivity contribution in [2.75, 3.05) is 19.7 Å². The molecule has 0 amide bonds. The van der Waals surface area contributed by atoms with E-state index in [9.17, 15) is 0 Å². The smallest absolute Gasteiger partial charge is 0.125 e. The predicted molar refractivity (Wildman–Crippen MR) is 69.6 cm³/mol. The molecule has 0 saturated carbocycles. The number of aryl methyl sites for hydroxylation is 2. The Morgan fingerprint density at radius 2 is 1.94 bits per heavy atom. The number of hydrogen-bond acceptors (Lipinski definition) is 2. The molecular formula is C13H20ClNO. The zero-order valence-electron chi connectivity index (χ0n) is 10.5. The lowest BCUT2D eigenvalue weighted by Crippen LogP contribution is -2.16. The fourth-order valence-electron chi connectivity index (χ4n) is 1.97. The number of ether oxygens (including phenoxy) is 1. The highest BCUT2D eigenvalue weighted by Crippen LogP contribution is 2.29. The summed E-state index contributed by atoms with van der Waals surface area (Å²) < 4.78 is 5.51. The van der Waals surface area contributed by atoms with Gasteiger partial charge in [0.1, 0.15) is 5.75 Å². The first-order chi connectivity index (χ1) is 7.61. The molecule has 0 unspecified atom stereocenters. The van der Waals surface area contributed by atoms with Crippen LogP contribution >= 0.6 is 11.6 Å². The zero-order chi connectivity index (χ0) is 12.1. The number of alkyl halides is 1. The molecule has 0 aliphatic rings. The number of benzene rings is 1. The molecule has 0 aliphatic heterocycles. The second-order valence-electron chi connectivity index (χ2n) is 4.03. The van der Waals surface area contributed by atoms with Crippen LogP contribution in [0.3, 0.4) is 0 Å². The van der Waals surface area contributed by atoms with E-state index in [1.165, 1.54) is 22.3 Å². The summed E-state index contributed by atoms with van der Waals surface area (Å²) >= 11 is 5.60. The molecule has 1 aromatic carbocycles. The number of nitrogens with one attached hydrogen (secondary N) is 1. The molecule has 0 bridgehead atoms. The molecule has 0 aromatic heterocycles. The van der Waals surface area contributed by atoms with Gasteiger partial charge in [-0.25, -0.2) is 0 Å². The summed E-state index contributed by atoms with van der Waals surface area (Å²) in [6.45, 7) is 7.23. The Morgan fingerprint density at radius 1 is 1.25 bits per heavy atom. The van der Waals surface area contributed by atoms with Crippen molar-refractivity contribution in [1.82, 2.24) is 5.32 Å². The van der Waals surface area contributed by atoms with E-state index in [0.717, 1.165) is 18.7 Å². The maximum atomic E-state index is 5.60.